The zero-order valence-electron chi connectivity index (χ0n) is 7.59. The molecule has 1 heterocycles. The smallest absolute Gasteiger partial charge is 0.158 e. The summed E-state index contributed by atoms with van der Waals surface area (Å²) in [5.41, 5.74) is 0. The molecule has 0 aromatic heterocycles. The maximum atomic E-state index is 5.71. The first kappa shape index (κ1) is 10.3. The summed E-state index contributed by atoms with van der Waals surface area (Å²) in [7, 11) is 0. The molecule has 72 valence electrons. The Morgan fingerprint density at radius 1 is 1.58 bits per heavy atom. The molecule has 1 unspecified atom stereocenters. The first-order valence-electron chi connectivity index (χ1n) is 4.69. The van der Waals surface area contributed by atoms with Crippen molar-refractivity contribution in [3.63, 3.8) is 0 Å². The number of halogens is 1. The second kappa shape index (κ2) is 5.79. The molecule has 0 spiro atoms. The van der Waals surface area contributed by atoms with Gasteiger partial charge in [0.1, 0.15) is 0 Å². The molecule has 2 nitrogen and oxygen atoms in total. The first-order chi connectivity index (χ1) is 5.86. The van der Waals surface area contributed by atoms with Crippen LogP contribution in [0.2, 0.25) is 0 Å². The van der Waals surface area contributed by atoms with Crippen LogP contribution in [0.3, 0.4) is 0 Å². The molecule has 2 atom stereocenters. The number of hydrogen-bond acceptors (Lipinski definition) is 2. The lowest BCUT2D eigenvalue weighted by atomic mass is 10.2. The minimum Gasteiger partial charge on any atom is -0.353 e. The molecule has 0 aromatic rings. The van der Waals surface area contributed by atoms with Crippen LogP contribution in [0.5, 0.6) is 0 Å². The highest BCUT2D eigenvalue weighted by molar-refractivity contribution is 6.18. The lowest BCUT2D eigenvalue weighted by Gasteiger charge is -2.26. The molecule has 1 rings (SSSR count). The highest BCUT2D eigenvalue weighted by atomic mass is 35.5. The third kappa shape index (κ3) is 3.30. The molecule has 0 aromatic carbocycles. The van der Waals surface area contributed by atoms with Crippen LogP contribution < -0.4 is 0 Å². The van der Waals surface area contributed by atoms with E-state index in [2.05, 4.69) is 6.92 Å². The largest absolute Gasteiger partial charge is 0.353 e. The van der Waals surface area contributed by atoms with E-state index in [0.717, 1.165) is 25.9 Å². The molecule has 0 amide bonds. The average molecular weight is 193 g/mol. The normalized spacial score (nSPS) is 27.0. The zero-order valence-corrected chi connectivity index (χ0v) is 8.35. The lowest BCUT2D eigenvalue weighted by molar-refractivity contribution is -0.183. The fourth-order valence-electron chi connectivity index (χ4n) is 1.27. The van der Waals surface area contributed by atoms with Crippen molar-refractivity contribution >= 4 is 11.6 Å². The van der Waals surface area contributed by atoms with Crippen LogP contribution >= 0.6 is 11.6 Å². The van der Waals surface area contributed by atoms with E-state index in [4.69, 9.17) is 21.1 Å². The Kier molecular flexibility index (Phi) is 4.96. The molecule has 0 aliphatic carbocycles. The van der Waals surface area contributed by atoms with Gasteiger partial charge in [-0.3, -0.25) is 0 Å². The molecule has 3 heteroatoms. The minimum absolute atomic E-state index is 0.00227. The average Bonchev–Trinajstić information content (AvgIpc) is 2.16. The third-order valence-corrected chi connectivity index (χ3v) is 2.45. The Morgan fingerprint density at radius 2 is 2.42 bits per heavy atom. The Morgan fingerprint density at radius 3 is 2.92 bits per heavy atom. The molecular weight excluding hydrogens is 176 g/mol. The predicted octanol–water partition coefficient (Wildman–Crippen LogP) is 2.55. The Hall–Kier alpha value is 0.210. The molecule has 0 radical (unpaired) electrons. The van der Waals surface area contributed by atoms with Crippen molar-refractivity contribution in [3.8, 4) is 0 Å². The predicted molar refractivity (Wildman–Crippen MR) is 49.5 cm³/mol. The van der Waals surface area contributed by atoms with Gasteiger partial charge in [-0.1, -0.05) is 6.92 Å². The fraction of sp³-hybridized carbons (Fsp3) is 1.00. The van der Waals surface area contributed by atoms with Crippen LogP contribution in [-0.2, 0) is 9.47 Å². The number of hydrogen-bond donors (Lipinski definition) is 0. The van der Waals surface area contributed by atoms with Gasteiger partial charge in [0.05, 0.1) is 6.10 Å². The van der Waals surface area contributed by atoms with Crippen molar-refractivity contribution in [2.24, 2.45) is 0 Å². The van der Waals surface area contributed by atoms with Gasteiger partial charge < -0.3 is 9.47 Å². The van der Waals surface area contributed by atoms with Crippen molar-refractivity contribution < 1.29 is 9.47 Å². The fourth-order valence-corrected chi connectivity index (χ4v) is 1.57. The number of alkyl halides is 1. The zero-order chi connectivity index (χ0) is 8.81. The summed E-state index contributed by atoms with van der Waals surface area (Å²) in [6.45, 7) is 2.92. The van der Waals surface area contributed by atoms with Crippen molar-refractivity contribution in [2.75, 3.05) is 12.5 Å². The summed E-state index contributed by atoms with van der Waals surface area (Å²) in [5, 5.41) is 0. The molecule has 1 saturated heterocycles. The van der Waals surface area contributed by atoms with E-state index >= 15 is 0 Å². The minimum atomic E-state index is 0.00227. The van der Waals surface area contributed by atoms with Crippen molar-refractivity contribution in [1.82, 2.24) is 0 Å². The Labute approximate surface area is 79.2 Å². The highest BCUT2D eigenvalue weighted by Gasteiger charge is 2.17. The standard InChI is InChI=1S/C9H17ClO2/c1-2-8(7-10)12-9-5-3-4-6-11-9/h8-9H,2-7H2,1H3/t8-,9?/m0/s1. The molecular formula is C9H17ClO2. The van der Waals surface area contributed by atoms with Gasteiger partial charge in [-0.05, 0) is 25.7 Å². The second-order valence-electron chi connectivity index (χ2n) is 3.12. The van der Waals surface area contributed by atoms with E-state index < -0.39 is 0 Å². The lowest BCUT2D eigenvalue weighted by Crippen LogP contribution is -2.28. The van der Waals surface area contributed by atoms with Crippen LogP contribution in [0, 0.1) is 0 Å². The third-order valence-electron chi connectivity index (χ3n) is 2.11. The van der Waals surface area contributed by atoms with Crippen molar-refractivity contribution in [1.29, 1.82) is 0 Å². The Balaban J connectivity index is 2.18. The molecule has 0 N–H and O–H groups in total. The second-order valence-corrected chi connectivity index (χ2v) is 3.43. The van der Waals surface area contributed by atoms with Gasteiger partial charge in [0.25, 0.3) is 0 Å². The SMILES string of the molecule is CC[C@@H](CCl)OC1CCCCO1. The molecule has 12 heavy (non-hydrogen) atoms. The summed E-state index contributed by atoms with van der Waals surface area (Å²) in [6.07, 6.45) is 4.52. The number of ether oxygens (including phenoxy) is 2. The van der Waals surface area contributed by atoms with E-state index in [-0.39, 0.29) is 12.4 Å². The van der Waals surface area contributed by atoms with E-state index in [9.17, 15) is 0 Å². The van der Waals surface area contributed by atoms with Gasteiger partial charge >= 0.3 is 0 Å². The van der Waals surface area contributed by atoms with Gasteiger partial charge in [0, 0.05) is 12.5 Å². The highest BCUT2D eigenvalue weighted by Crippen LogP contribution is 2.16. The van der Waals surface area contributed by atoms with Gasteiger partial charge in [-0.2, -0.15) is 0 Å². The van der Waals surface area contributed by atoms with E-state index in [1.807, 2.05) is 0 Å². The summed E-state index contributed by atoms with van der Waals surface area (Å²) >= 11 is 5.71. The van der Waals surface area contributed by atoms with Crippen LogP contribution in [-0.4, -0.2) is 24.9 Å². The summed E-state index contributed by atoms with van der Waals surface area (Å²) in [4.78, 5) is 0. The maximum absolute atomic E-state index is 5.71. The van der Waals surface area contributed by atoms with Crippen LogP contribution in [0.15, 0.2) is 0 Å². The van der Waals surface area contributed by atoms with E-state index in [1.54, 1.807) is 0 Å². The Bertz CT molecular complexity index is 109. The molecule has 1 aliphatic rings. The molecule has 0 bridgehead atoms. The molecule has 1 fully saturated rings. The van der Waals surface area contributed by atoms with Gasteiger partial charge in [0.15, 0.2) is 6.29 Å². The summed E-state index contributed by atoms with van der Waals surface area (Å²) < 4.78 is 11.1. The number of rotatable bonds is 4. The molecule has 1 aliphatic heterocycles. The first-order valence-corrected chi connectivity index (χ1v) is 5.23. The topological polar surface area (TPSA) is 18.5 Å². The summed E-state index contributed by atoms with van der Waals surface area (Å²) in [5.74, 6) is 0.566. The van der Waals surface area contributed by atoms with Crippen LogP contribution in [0.4, 0.5) is 0 Å². The van der Waals surface area contributed by atoms with E-state index in [1.165, 1.54) is 6.42 Å². The van der Waals surface area contributed by atoms with Crippen molar-refractivity contribution in [3.05, 3.63) is 0 Å². The van der Waals surface area contributed by atoms with Crippen LogP contribution in [0.25, 0.3) is 0 Å². The van der Waals surface area contributed by atoms with Crippen molar-refractivity contribution in [2.45, 2.75) is 45.0 Å². The van der Waals surface area contributed by atoms with Gasteiger partial charge in [-0.15, -0.1) is 11.6 Å². The quantitative estimate of drug-likeness (QED) is 0.638. The summed E-state index contributed by atoms with van der Waals surface area (Å²) in [6, 6.07) is 0. The van der Waals surface area contributed by atoms with Gasteiger partial charge in [0.2, 0.25) is 0 Å². The van der Waals surface area contributed by atoms with Crippen LogP contribution in [0.1, 0.15) is 32.6 Å². The maximum Gasteiger partial charge on any atom is 0.158 e. The van der Waals surface area contributed by atoms with E-state index in [0.29, 0.717) is 5.88 Å². The molecule has 0 saturated carbocycles. The monoisotopic (exact) mass is 192 g/mol. The van der Waals surface area contributed by atoms with Gasteiger partial charge in [-0.25, -0.2) is 0 Å².